The molecule has 0 saturated carbocycles. The SMILES string of the molecule is CN1CCN(CCOc2ccc(Nc3ncc(C(N)=O)cn3)cc2)CC1. The standard InChI is InChI=1S/C18H24N6O2/c1-23-6-8-24(9-7-23)10-11-26-16-4-2-15(3-5-16)22-18-20-12-14(13-21-18)17(19)25/h2-5,12-13H,6-11H2,1H3,(H2,19,25)(H,20,21,22). The quantitative estimate of drug-likeness (QED) is 0.762. The first-order chi connectivity index (χ1) is 12.6. The molecule has 1 fully saturated rings. The minimum Gasteiger partial charge on any atom is -0.492 e. The Hall–Kier alpha value is -2.71. The van der Waals surface area contributed by atoms with Gasteiger partial charge in [-0.05, 0) is 31.3 Å². The smallest absolute Gasteiger partial charge is 0.251 e. The zero-order chi connectivity index (χ0) is 18.4. The van der Waals surface area contributed by atoms with Crippen LogP contribution in [0, 0.1) is 0 Å². The van der Waals surface area contributed by atoms with E-state index >= 15 is 0 Å². The number of nitrogens with one attached hydrogen (secondary N) is 1. The van der Waals surface area contributed by atoms with Crippen molar-refractivity contribution in [2.45, 2.75) is 0 Å². The molecular weight excluding hydrogens is 332 g/mol. The number of nitrogens with zero attached hydrogens (tertiary/aromatic N) is 4. The van der Waals surface area contributed by atoms with E-state index in [1.165, 1.54) is 12.4 Å². The molecule has 138 valence electrons. The van der Waals surface area contributed by atoms with Crippen molar-refractivity contribution < 1.29 is 9.53 Å². The predicted molar refractivity (Wildman–Crippen MR) is 99.7 cm³/mol. The Kier molecular flexibility index (Phi) is 5.98. The van der Waals surface area contributed by atoms with Crippen LogP contribution in [0.3, 0.4) is 0 Å². The highest BCUT2D eigenvalue weighted by Crippen LogP contribution is 2.18. The van der Waals surface area contributed by atoms with E-state index in [9.17, 15) is 4.79 Å². The van der Waals surface area contributed by atoms with E-state index in [0.29, 0.717) is 12.6 Å². The van der Waals surface area contributed by atoms with Crippen molar-refractivity contribution in [2.75, 3.05) is 51.7 Å². The molecule has 1 aliphatic rings. The molecule has 3 N–H and O–H groups in total. The molecule has 1 aliphatic heterocycles. The lowest BCUT2D eigenvalue weighted by Gasteiger charge is -2.32. The zero-order valence-electron chi connectivity index (χ0n) is 14.9. The van der Waals surface area contributed by atoms with Crippen molar-refractivity contribution in [2.24, 2.45) is 5.73 Å². The Morgan fingerprint density at radius 2 is 1.81 bits per heavy atom. The number of primary amides is 1. The van der Waals surface area contributed by atoms with Crippen LogP contribution in [0.4, 0.5) is 11.6 Å². The molecule has 26 heavy (non-hydrogen) atoms. The van der Waals surface area contributed by atoms with Gasteiger partial charge in [0.1, 0.15) is 12.4 Å². The fraction of sp³-hybridized carbons (Fsp3) is 0.389. The summed E-state index contributed by atoms with van der Waals surface area (Å²) in [5.41, 5.74) is 6.28. The third-order valence-corrected chi connectivity index (χ3v) is 4.32. The fourth-order valence-corrected chi connectivity index (χ4v) is 2.65. The summed E-state index contributed by atoms with van der Waals surface area (Å²) in [7, 11) is 2.15. The van der Waals surface area contributed by atoms with Crippen LogP contribution in [0.1, 0.15) is 10.4 Å². The van der Waals surface area contributed by atoms with Gasteiger partial charge in [-0.25, -0.2) is 9.97 Å². The van der Waals surface area contributed by atoms with Crippen LogP contribution in [0.25, 0.3) is 0 Å². The van der Waals surface area contributed by atoms with Gasteiger partial charge in [-0.3, -0.25) is 9.69 Å². The zero-order valence-corrected chi connectivity index (χ0v) is 14.9. The first kappa shape index (κ1) is 18.1. The van der Waals surface area contributed by atoms with Crippen LogP contribution in [0.5, 0.6) is 5.75 Å². The summed E-state index contributed by atoms with van der Waals surface area (Å²) in [5, 5.41) is 3.07. The average Bonchev–Trinajstić information content (AvgIpc) is 2.65. The molecule has 0 aliphatic carbocycles. The second kappa shape index (κ2) is 8.59. The lowest BCUT2D eigenvalue weighted by atomic mass is 10.3. The fourth-order valence-electron chi connectivity index (χ4n) is 2.65. The normalized spacial score (nSPS) is 15.6. The molecule has 0 spiro atoms. The summed E-state index contributed by atoms with van der Waals surface area (Å²) in [6.45, 7) is 6.03. The van der Waals surface area contributed by atoms with Gasteiger partial charge in [0, 0.05) is 50.8 Å². The number of hydrogen-bond acceptors (Lipinski definition) is 7. The number of anilines is 2. The summed E-state index contributed by atoms with van der Waals surface area (Å²) >= 11 is 0. The highest BCUT2D eigenvalue weighted by molar-refractivity contribution is 5.92. The van der Waals surface area contributed by atoms with Gasteiger partial charge in [0.2, 0.25) is 5.95 Å². The Bertz CT molecular complexity index is 711. The number of aromatic nitrogens is 2. The molecule has 2 heterocycles. The van der Waals surface area contributed by atoms with E-state index in [4.69, 9.17) is 10.5 Å². The van der Waals surface area contributed by atoms with E-state index in [1.54, 1.807) is 0 Å². The van der Waals surface area contributed by atoms with Gasteiger partial charge >= 0.3 is 0 Å². The summed E-state index contributed by atoms with van der Waals surface area (Å²) < 4.78 is 5.82. The molecule has 0 atom stereocenters. The van der Waals surface area contributed by atoms with Gasteiger partial charge in [0.05, 0.1) is 5.56 Å². The molecule has 8 heteroatoms. The molecule has 0 bridgehead atoms. The van der Waals surface area contributed by atoms with E-state index in [-0.39, 0.29) is 5.56 Å². The maximum atomic E-state index is 11.0. The molecular formula is C18H24N6O2. The summed E-state index contributed by atoms with van der Waals surface area (Å²) in [6.07, 6.45) is 2.79. The van der Waals surface area contributed by atoms with Crippen LogP contribution in [-0.2, 0) is 0 Å². The number of amides is 1. The Morgan fingerprint density at radius 1 is 1.15 bits per heavy atom. The predicted octanol–water partition coefficient (Wildman–Crippen LogP) is 0.945. The number of nitrogens with two attached hydrogens (primary N) is 1. The van der Waals surface area contributed by atoms with Gasteiger partial charge < -0.3 is 20.7 Å². The second-order valence-corrected chi connectivity index (χ2v) is 6.30. The molecule has 0 radical (unpaired) electrons. The molecule has 1 amide bonds. The summed E-state index contributed by atoms with van der Waals surface area (Å²) in [4.78, 5) is 23.9. The Balaban J connectivity index is 1.45. The Morgan fingerprint density at radius 3 is 2.42 bits per heavy atom. The number of benzene rings is 1. The van der Waals surface area contributed by atoms with Crippen molar-refractivity contribution in [1.29, 1.82) is 0 Å². The third-order valence-electron chi connectivity index (χ3n) is 4.32. The van der Waals surface area contributed by atoms with E-state index < -0.39 is 5.91 Å². The van der Waals surface area contributed by atoms with Crippen LogP contribution in [0.2, 0.25) is 0 Å². The molecule has 8 nitrogen and oxygen atoms in total. The van der Waals surface area contributed by atoms with Gasteiger partial charge in [0.15, 0.2) is 0 Å². The van der Waals surface area contributed by atoms with Crippen LogP contribution >= 0.6 is 0 Å². The molecule has 3 rings (SSSR count). The molecule has 1 saturated heterocycles. The van der Waals surface area contributed by atoms with Crippen LogP contribution in [0.15, 0.2) is 36.7 Å². The van der Waals surface area contributed by atoms with E-state index in [0.717, 1.165) is 44.2 Å². The Labute approximate surface area is 153 Å². The molecule has 1 aromatic heterocycles. The van der Waals surface area contributed by atoms with Crippen molar-refractivity contribution in [3.05, 3.63) is 42.2 Å². The molecule has 1 aromatic carbocycles. The average molecular weight is 356 g/mol. The summed E-state index contributed by atoms with van der Waals surface area (Å²) in [5.74, 6) is 0.683. The number of likely N-dealkylation sites (N-methyl/N-ethyl adjacent to an activating group) is 1. The van der Waals surface area contributed by atoms with Gasteiger partial charge in [-0.15, -0.1) is 0 Å². The highest BCUT2D eigenvalue weighted by Gasteiger charge is 2.13. The van der Waals surface area contributed by atoms with Crippen molar-refractivity contribution in [1.82, 2.24) is 19.8 Å². The number of rotatable bonds is 7. The number of ether oxygens (including phenoxy) is 1. The van der Waals surface area contributed by atoms with Crippen LogP contribution < -0.4 is 15.8 Å². The van der Waals surface area contributed by atoms with E-state index in [1.807, 2.05) is 24.3 Å². The van der Waals surface area contributed by atoms with Gasteiger partial charge in [-0.2, -0.15) is 0 Å². The first-order valence-electron chi connectivity index (χ1n) is 8.63. The molecule has 2 aromatic rings. The third kappa shape index (κ3) is 5.14. The maximum Gasteiger partial charge on any atom is 0.251 e. The second-order valence-electron chi connectivity index (χ2n) is 6.30. The van der Waals surface area contributed by atoms with Crippen molar-refractivity contribution in [3.8, 4) is 5.75 Å². The lowest BCUT2D eigenvalue weighted by molar-refractivity contribution is 0.0999. The topological polar surface area (TPSA) is 96.6 Å². The molecule has 0 unspecified atom stereocenters. The van der Waals surface area contributed by atoms with Crippen molar-refractivity contribution >= 4 is 17.5 Å². The number of carbonyl (C=O) groups is 1. The van der Waals surface area contributed by atoms with Gasteiger partial charge in [-0.1, -0.05) is 0 Å². The van der Waals surface area contributed by atoms with E-state index in [2.05, 4.69) is 32.1 Å². The lowest BCUT2D eigenvalue weighted by Crippen LogP contribution is -2.45. The number of piperazine rings is 1. The minimum atomic E-state index is -0.547. The van der Waals surface area contributed by atoms with Crippen molar-refractivity contribution in [3.63, 3.8) is 0 Å². The largest absolute Gasteiger partial charge is 0.492 e. The minimum absolute atomic E-state index is 0.277. The number of carbonyl (C=O) groups excluding carboxylic acids is 1. The van der Waals surface area contributed by atoms with Gasteiger partial charge in [0.25, 0.3) is 5.91 Å². The number of hydrogen-bond donors (Lipinski definition) is 2. The van der Waals surface area contributed by atoms with Crippen LogP contribution in [-0.4, -0.2) is 72.1 Å². The maximum absolute atomic E-state index is 11.0. The monoisotopic (exact) mass is 356 g/mol. The summed E-state index contributed by atoms with van der Waals surface area (Å²) in [6, 6.07) is 7.61. The first-order valence-corrected chi connectivity index (χ1v) is 8.63. The highest BCUT2D eigenvalue weighted by atomic mass is 16.5.